The molecule has 0 saturated carbocycles. The molecule has 1 aliphatic rings. The highest BCUT2D eigenvalue weighted by Crippen LogP contribution is 2.41. The van der Waals surface area contributed by atoms with E-state index in [0.717, 1.165) is 66.3 Å². The summed E-state index contributed by atoms with van der Waals surface area (Å²) in [4.78, 5) is 30.7. The van der Waals surface area contributed by atoms with Gasteiger partial charge in [-0.2, -0.15) is 0 Å². The van der Waals surface area contributed by atoms with Crippen LogP contribution in [0.5, 0.6) is 0 Å². The van der Waals surface area contributed by atoms with Gasteiger partial charge in [-0.3, -0.25) is 9.59 Å². The van der Waals surface area contributed by atoms with E-state index in [-0.39, 0.29) is 11.8 Å². The molecular weight excluding hydrogens is 685 g/mol. The Balaban J connectivity index is 0.00000202. The van der Waals surface area contributed by atoms with Gasteiger partial charge in [0.1, 0.15) is 0 Å². The van der Waals surface area contributed by atoms with Gasteiger partial charge in [-0.05, 0) is 99.1 Å². The van der Waals surface area contributed by atoms with Crippen molar-refractivity contribution in [3.05, 3.63) is 205 Å². The fraction of sp³-hybridized carbons (Fsp3) is 0.0385. The molecule has 0 bridgehead atoms. The van der Waals surface area contributed by atoms with E-state index in [0.29, 0.717) is 22.5 Å². The second kappa shape index (κ2) is 14.5. The average Bonchev–Trinajstić information content (AvgIpc) is 3.74. The van der Waals surface area contributed by atoms with E-state index in [2.05, 4.69) is 95.6 Å². The minimum absolute atomic E-state index is 0.334. The third-order valence-corrected chi connectivity index (χ3v) is 10.5. The van der Waals surface area contributed by atoms with Crippen LogP contribution < -0.4 is 4.90 Å². The molecule has 0 N–H and O–H groups in total. The highest BCUT2D eigenvalue weighted by molar-refractivity contribution is 6.36. The molecule has 1 aromatic heterocycles. The Morgan fingerprint density at radius 1 is 0.357 bits per heavy atom. The number of carbonyl (C=O) groups excluding carboxylic acids is 2. The van der Waals surface area contributed by atoms with Gasteiger partial charge in [0.05, 0.1) is 33.5 Å². The number of anilines is 1. The molecule has 9 aromatic rings. The van der Waals surface area contributed by atoms with Crippen molar-refractivity contribution in [3.8, 4) is 50.2 Å². The maximum absolute atomic E-state index is 14.9. The van der Waals surface area contributed by atoms with Gasteiger partial charge in [0.15, 0.2) is 0 Å². The molecular formula is C52H38N2O2. The summed E-state index contributed by atoms with van der Waals surface area (Å²) >= 11 is 0. The van der Waals surface area contributed by atoms with Crippen LogP contribution >= 0.6 is 0 Å². The number of hydrogen-bond acceptors (Lipinski definition) is 2. The lowest BCUT2D eigenvalue weighted by atomic mass is 9.97. The maximum Gasteiger partial charge on any atom is 0.268 e. The molecule has 1 aliphatic heterocycles. The van der Waals surface area contributed by atoms with Crippen LogP contribution in [-0.4, -0.2) is 16.4 Å². The van der Waals surface area contributed by atoms with Crippen LogP contribution in [0.1, 0.15) is 34.6 Å². The van der Waals surface area contributed by atoms with Crippen molar-refractivity contribution in [2.75, 3.05) is 4.90 Å². The molecule has 0 aliphatic carbocycles. The van der Waals surface area contributed by atoms with E-state index >= 15 is 0 Å². The molecule has 56 heavy (non-hydrogen) atoms. The maximum atomic E-state index is 14.9. The molecule has 4 heteroatoms. The Bertz CT molecular complexity index is 2740. The summed E-state index contributed by atoms with van der Waals surface area (Å²) < 4.78 is 2.15. The van der Waals surface area contributed by atoms with Crippen LogP contribution in [0.15, 0.2) is 194 Å². The van der Waals surface area contributed by atoms with E-state index in [1.54, 1.807) is 6.07 Å². The largest absolute Gasteiger partial charge is 0.308 e. The number of fused-ring (bicyclic) bond motifs is 4. The SMILES string of the molecule is CC.O=C1c2cccc(-n3c4ccc(-c5ccccc5)cc4c4cc(-c5ccccc5)ccc43)c2C(=O)N1c1cc(-c2ccccc2)cc(-c2ccccc2)c1. The van der Waals surface area contributed by atoms with Crippen molar-refractivity contribution in [1.82, 2.24) is 4.57 Å². The lowest BCUT2D eigenvalue weighted by Crippen LogP contribution is -2.29. The minimum Gasteiger partial charge on any atom is -0.308 e. The van der Waals surface area contributed by atoms with E-state index in [9.17, 15) is 9.59 Å². The Morgan fingerprint density at radius 3 is 1.23 bits per heavy atom. The van der Waals surface area contributed by atoms with Gasteiger partial charge >= 0.3 is 0 Å². The number of carbonyl (C=O) groups is 2. The van der Waals surface area contributed by atoms with E-state index in [4.69, 9.17) is 0 Å². The number of nitrogens with zero attached hydrogens (tertiary/aromatic N) is 2. The second-order valence-electron chi connectivity index (χ2n) is 13.7. The van der Waals surface area contributed by atoms with Crippen LogP contribution in [-0.2, 0) is 0 Å². The highest BCUT2D eigenvalue weighted by Gasteiger charge is 2.39. The predicted octanol–water partition coefficient (Wildman–Crippen LogP) is 13.3. The van der Waals surface area contributed by atoms with E-state index < -0.39 is 0 Å². The predicted molar refractivity (Wildman–Crippen MR) is 231 cm³/mol. The van der Waals surface area contributed by atoms with Gasteiger partial charge in [0, 0.05) is 10.8 Å². The molecule has 0 atom stereocenters. The zero-order valence-electron chi connectivity index (χ0n) is 31.2. The molecule has 0 saturated heterocycles. The Kier molecular flexibility index (Phi) is 8.92. The smallest absolute Gasteiger partial charge is 0.268 e. The molecule has 0 unspecified atom stereocenters. The number of rotatable bonds is 6. The number of hydrogen-bond donors (Lipinski definition) is 0. The molecule has 4 nitrogen and oxygen atoms in total. The zero-order valence-corrected chi connectivity index (χ0v) is 31.2. The third-order valence-electron chi connectivity index (χ3n) is 10.5. The molecule has 268 valence electrons. The van der Waals surface area contributed by atoms with Crippen molar-refractivity contribution in [2.45, 2.75) is 13.8 Å². The van der Waals surface area contributed by atoms with Gasteiger partial charge in [0.25, 0.3) is 11.8 Å². The van der Waals surface area contributed by atoms with Crippen molar-refractivity contribution in [3.63, 3.8) is 0 Å². The molecule has 10 rings (SSSR count). The first-order valence-corrected chi connectivity index (χ1v) is 19.1. The Labute approximate surface area is 326 Å². The zero-order chi connectivity index (χ0) is 38.2. The van der Waals surface area contributed by atoms with E-state index in [1.165, 1.54) is 4.90 Å². The van der Waals surface area contributed by atoms with Crippen LogP contribution in [0.3, 0.4) is 0 Å². The van der Waals surface area contributed by atoms with Gasteiger partial charge in [0.2, 0.25) is 0 Å². The molecule has 0 spiro atoms. The first-order chi connectivity index (χ1) is 27.6. The quantitative estimate of drug-likeness (QED) is 0.160. The van der Waals surface area contributed by atoms with Gasteiger partial charge in [-0.25, -0.2) is 4.90 Å². The average molecular weight is 723 g/mol. The Morgan fingerprint density at radius 2 is 0.786 bits per heavy atom. The number of benzene rings is 8. The number of imide groups is 1. The second-order valence-corrected chi connectivity index (χ2v) is 13.7. The highest BCUT2D eigenvalue weighted by atomic mass is 16.2. The summed E-state index contributed by atoms with van der Waals surface area (Å²) in [5.74, 6) is -0.675. The van der Waals surface area contributed by atoms with Crippen LogP contribution in [0.2, 0.25) is 0 Å². The number of amides is 2. The minimum atomic E-state index is -0.341. The first-order valence-electron chi connectivity index (χ1n) is 19.1. The van der Waals surface area contributed by atoms with Crippen molar-refractivity contribution >= 4 is 39.3 Å². The number of aromatic nitrogens is 1. The summed E-state index contributed by atoms with van der Waals surface area (Å²) in [6, 6.07) is 65.5. The fourth-order valence-corrected chi connectivity index (χ4v) is 7.93. The monoisotopic (exact) mass is 722 g/mol. The fourth-order valence-electron chi connectivity index (χ4n) is 7.93. The summed E-state index contributed by atoms with van der Waals surface area (Å²) in [6.07, 6.45) is 0. The van der Waals surface area contributed by atoms with Gasteiger partial charge < -0.3 is 4.57 Å². The molecule has 2 heterocycles. The standard InChI is InChI=1S/C50H32N2O2.C2H6/c53-49-42-22-13-23-47(48(42)50(54)51(49)41-29-39(35-18-9-3-10-19-35)28-40(30-41)36-20-11-4-12-21-36)52-45-26-24-37(33-14-5-1-6-15-33)31-43(45)44-32-38(25-27-46(44)52)34-16-7-2-8-17-34;1-2/h1-32H;1-2H3. The van der Waals surface area contributed by atoms with Crippen molar-refractivity contribution < 1.29 is 9.59 Å². The third kappa shape index (κ3) is 5.89. The van der Waals surface area contributed by atoms with Gasteiger partial charge in [-0.15, -0.1) is 0 Å². The summed E-state index contributed by atoms with van der Waals surface area (Å²) in [5.41, 5.74) is 12.2. The molecule has 0 fully saturated rings. The van der Waals surface area contributed by atoms with Crippen LogP contribution in [0.25, 0.3) is 72.0 Å². The van der Waals surface area contributed by atoms with Crippen molar-refractivity contribution in [2.24, 2.45) is 0 Å². The van der Waals surface area contributed by atoms with E-state index in [1.807, 2.05) is 111 Å². The lowest BCUT2D eigenvalue weighted by Gasteiger charge is -2.18. The Hall–Kier alpha value is -7.30. The summed E-state index contributed by atoms with van der Waals surface area (Å²) in [5, 5.41) is 2.14. The lowest BCUT2D eigenvalue weighted by molar-refractivity contribution is 0.0926. The van der Waals surface area contributed by atoms with Gasteiger partial charge in [-0.1, -0.05) is 153 Å². The summed E-state index contributed by atoms with van der Waals surface area (Å²) in [6.45, 7) is 4.00. The normalized spacial score (nSPS) is 12.1. The molecule has 0 radical (unpaired) electrons. The van der Waals surface area contributed by atoms with Crippen molar-refractivity contribution in [1.29, 1.82) is 0 Å². The topological polar surface area (TPSA) is 42.3 Å². The van der Waals surface area contributed by atoms with Crippen LogP contribution in [0, 0.1) is 0 Å². The molecule has 8 aromatic carbocycles. The van der Waals surface area contributed by atoms with Crippen LogP contribution in [0.4, 0.5) is 5.69 Å². The summed E-state index contributed by atoms with van der Waals surface area (Å²) in [7, 11) is 0. The molecule has 2 amide bonds. The first kappa shape index (κ1) is 34.5.